The predicted octanol–water partition coefficient (Wildman–Crippen LogP) is 3.70. The Bertz CT molecular complexity index is 446. The van der Waals surface area contributed by atoms with Crippen LogP contribution in [0.15, 0.2) is 24.3 Å². The van der Waals surface area contributed by atoms with Crippen molar-refractivity contribution in [1.29, 1.82) is 0 Å². The van der Waals surface area contributed by atoms with Crippen LogP contribution in [0.2, 0.25) is 5.02 Å². The average molecular weight is 282 g/mol. The monoisotopic (exact) mass is 281 g/mol. The van der Waals surface area contributed by atoms with E-state index in [1.807, 2.05) is 31.2 Å². The topological polar surface area (TPSA) is 46.2 Å². The normalized spacial score (nSPS) is 30.9. The average Bonchev–Trinajstić information content (AvgIpc) is 2.38. The Balaban J connectivity index is 2.43. The molecule has 1 saturated carbocycles. The highest BCUT2D eigenvalue weighted by atomic mass is 35.5. The Morgan fingerprint density at radius 2 is 2.16 bits per heavy atom. The van der Waals surface area contributed by atoms with Crippen molar-refractivity contribution in [2.24, 2.45) is 17.1 Å². The van der Waals surface area contributed by atoms with Crippen LogP contribution in [0.5, 0.6) is 0 Å². The fraction of sp³-hybridized carbons (Fsp3) is 0.625. The fourth-order valence-electron chi connectivity index (χ4n) is 3.63. The van der Waals surface area contributed by atoms with Crippen LogP contribution in [0.3, 0.4) is 0 Å². The summed E-state index contributed by atoms with van der Waals surface area (Å²) < 4.78 is 0. The predicted molar refractivity (Wildman–Crippen MR) is 80.1 cm³/mol. The third-order valence-electron chi connectivity index (χ3n) is 4.91. The summed E-state index contributed by atoms with van der Waals surface area (Å²) in [5.74, 6) is 0.603. The van der Waals surface area contributed by atoms with Gasteiger partial charge in [-0.1, -0.05) is 49.6 Å². The van der Waals surface area contributed by atoms with Crippen LogP contribution in [0.4, 0.5) is 0 Å². The molecular formula is C16H24ClNO. The molecule has 1 fully saturated rings. The van der Waals surface area contributed by atoms with Crippen LogP contribution in [-0.2, 0) is 5.60 Å². The third-order valence-corrected chi connectivity index (χ3v) is 5.24. The molecule has 1 aliphatic carbocycles. The minimum Gasteiger partial charge on any atom is -0.385 e. The molecule has 0 bridgehead atoms. The number of hydrogen-bond acceptors (Lipinski definition) is 2. The van der Waals surface area contributed by atoms with E-state index < -0.39 is 5.60 Å². The molecule has 1 aromatic carbocycles. The SMILES string of the molecule is CC1CCCC(CN)(C(C)(O)c2ccccc2Cl)C1. The van der Waals surface area contributed by atoms with Gasteiger partial charge < -0.3 is 10.8 Å². The van der Waals surface area contributed by atoms with Crippen molar-refractivity contribution in [3.8, 4) is 0 Å². The summed E-state index contributed by atoms with van der Waals surface area (Å²) in [6.07, 6.45) is 4.27. The van der Waals surface area contributed by atoms with E-state index in [0.29, 0.717) is 17.5 Å². The summed E-state index contributed by atoms with van der Waals surface area (Å²) in [6.45, 7) is 4.61. The minimum atomic E-state index is -0.977. The molecule has 2 nitrogen and oxygen atoms in total. The third kappa shape index (κ3) is 2.54. The summed E-state index contributed by atoms with van der Waals surface area (Å²) in [5.41, 5.74) is 5.63. The van der Waals surface area contributed by atoms with E-state index >= 15 is 0 Å². The molecule has 0 saturated heterocycles. The van der Waals surface area contributed by atoms with Crippen molar-refractivity contribution in [1.82, 2.24) is 0 Å². The Morgan fingerprint density at radius 1 is 1.47 bits per heavy atom. The van der Waals surface area contributed by atoms with E-state index in [0.717, 1.165) is 24.8 Å². The summed E-state index contributed by atoms with van der Waals surface area (Å²) in [4.78, 5) is 0. The van der Waals surface area contributed by atoms with E-state index in [1.165, 1.54) is 6.42 Å². The van der Waals surface area contributed by atoms with Crippen LogP contribution in [0.25, 0.3) is 0 Å². The van der Waals surface area contributed by atoms with Gasteiger partial charge in [-0.15, -0.1) is 0 Å². The van der Waals surface area contributed by atoms with Crippen LogP contribution < -0.4 is 5.73 Å². The summed E-state index contributed by atoms with van der Waals surface area (Å²) in [7, 11) is 0. The quantitative estimate of drug-likeness (QED) is 0.887. The van der Waals surface area contributed by atoms with Crippen LogP contribution in [-0.4, -0.2) is 11.7 Å². The van der Waals surface area contributed by atoms with Gasteiger partial charge >= 0.3 is 0 Å². The summed E-state index contributed by atoms with van der Waals surface area (Å²) >= 11 is 6.28. The van der Waals surface area contributed by atoms with Gasteiger partial charge in [0, 0.05) is 22.5 Å². The minimum absolute atomic E-state index is 0.268. The number of aliphatic hydroxyl groups is 1. The molecule has 1 aromatic rings. The molecule has 0 radical (unpaired) electrons. The maximum absolute atomic E-state index is 11.2. The highest BCUT2D eigenvalue weighted by Gasteiger charge is 2.49. The number of nitrogens with two attached hydrogens (primary N) is 1. The van der Waals surface area contributed by atoms with Crippen molar-refractivity contribution in [2.75, 3.05) is 6.54 Å². The van der Waals surface area contributed by atoms with Crippen LogP contribution in [0, 0.1) is 11.3 Å². The lowest BCUT2D eigenvalue weighted by atomic mass is 9.59. The lowest BCUT2D eigenvalue weighted by Gasteiger charge is -2.49. The highest BCUT2D eigenvalue weighted by molar-refractivity contribution is 6.31. The number of halogens is 1. The van der Waals surface area contributed by atoms with E-state index in [9.17, 15) is 5.11 Å². The molecule has 2 rings (SSSR count). The van der Waals surface area contributed by atoms with Gasteiger partial charge in [0.05, 0.1) is 5.60 Å². The zero-order chi connectivity index (χ0) is 14.1. The second-order valence-corrected chi connectivity index (χ2v) is 6.65. The van der Waals surface area contributed by atoms with Gasteiger partial charge in [-0.2, -0.15) is 0 Å². The lowest BCUT2D eigenvalue weighted by molar-refractivity contribution is -0.100. The van der Waals surface area contributed by atoms with Crippen LogP contribution >= 0.6 is 11.6 Å². The van der Waals surface area contributed by atoms with Gasteiger partial charge in [-0.25, -0.2) is 0 Å². The van der Waals surface area contributed by atoms with Crippen molar-refractivity contribution >= 4 is 11.6 Å². The standard InChI is InChI=1S/C16H24ClNO/c1-12-6-5-9-16(10-12,11-18)15(2,19)13-7-3-4-8-14(13)17/h3-4,7-8,12,19H,5-6,9-11,18H2,1-2H3. The molecule has 0 aromatic heterocycles. The smallest absolute Gasteiger partial charge is 0.0950 e. The largest absolute Gasteiger partial charge is 0.385 e. The van der Waals surface area contributed by atoms with Gasteiger partial charge in [0.15, 0.2) is 0 Å². The number of benzene rings is 1. The van der Waals surface area contributed by atoms with E-state index in [4.69, 9.17) is 17.3 Å². The molecule has 0 amide bonds. The van der Waals surface area contributed by atoms with Crippen LogP contribution in [0.1, 0.15) is 45.1 Å². The van der Waals surface area contributed by atoms with E-state index in [1.54, 1.807) is 0 Å². The molecule has 0 spiro atoms. The van der Waals surface area contributed by atoms with Crippen molar-refractivity contribution < 1.29 is 5.11 Å². The van der Waals surface area contributed by atoms with E-state index in [-0.39, 0.29) is 5.41 Å². The molecular weight excluding hydrogens is 258 g/mol. The first-order chi connectivity index (χ1) is 8.93. The Kier molecular flexibility index (Phi) is 4.24. The summed E-state index contributed by atoms with van der Waals surface area (Å²) in [5, 5.41) is 11.8. The maximum atomic E-state index is 11.2. The lowest BCUT2D eigenvalue weighted by Crippen LogP contribution is -2.51. The molecule has 0 heterocycles. The van der Waals surface area contributed by atoms with Gasteiger partial charge in [0.2, 0.25) is 0 Å². The molecule has 1 aliphatic rings. The Labute approximate surface area is 121 Å². The van der Waals surface area contributed by atoms with Gasteiger partial charge in [-0.3, -0.25) is 0 Å². The number of rotatable bonds is 3. The Morgan fingerprint density at radius 3 is 2.74 bits per heavy atom. The second kappa shape index (κ2) is 5.43. The molecule has 3 unspecified atom stereocenters. The Hall–Kier alpha value is -0.570. The molecule has 3 atom stereocenters. The summed E-state index contributed by atoms with van der Waals surface area (Å²) in [6, 6.07) is 7.56. The fourth-order valence-corrected chi connectivity index (χ4v) is 3.95. The van der Waals surface area contributed by atoms with Crippen molar-refractivity contribution in [3.63, 3.8) is 0 Å². The first kappa shape index (κ1) is 14.8. The number of hydrogen-bond donors (Lipinski definition) is 2. The molecule has 106 valence electrons. The van der Waals surface area contributed by atoms with Crippen molar-refractivity contribution in [2.45, 2.75) is 45.1 Å². The zero-order valence-electron chi connectivity index (χ0n) is 11.8. The molecule has 3 heteroatoms. The van der Waals surface area contributed by atoms with Gasteiger partial charge in [-0.05, 0) is 31.7 Å². The van der Waals surface area contributed by atoms with Crippen molar-refractivity contribution in [3.05, 3.63) is 34.9 Å². The van der Waals surface area contributed by atoms with Gasteiger partial charge in [0.25, 0.3) is 0 Å². The first-order valence-corrected chi connectivity index (χ1v) is 7.48. The zero-order valence-corrected chi connectivity index (χ0v) is 12.6. The second-order valence-electron chi connectivity index (χ2n) is 6.24. The van der Waals surface area contributed by atoms with E-state index in [2.05, 4.69) is 6.92 Å². The maximum Gasteiger partial charge on any atom is 0.0950 e. The first-order valence-electron chi connectivity index (χ1n) is 7.10. The molecule has 0 aliphatic heterocycles. The van der Waals surface area contributed by atoms with Gasteiger partial charge in [0.1, 0.15) is 0 Å². The highest BCUT2D eigenvalue weighted by Crippen LogP contribution is 2.51. The molecule has 3 N–H and O–H groups in total. The molecule has 19 heavy (non-hydrogen) atoms.